The Morgan fingerprint density at radius 3 is 2.32 bits per heavy atom. The number of benzene rings is 1. The maximum absolute atomic E-state index is 5.81. The van der Waals surface area contributed by atoms with E-state index in [1.807, 2.05) is 31.2 Å². The van der Waals surface area contributed by atoms with Crippen LogP contribution in [-0.4, -0.2) is 53.0 Å². The standard InChI is InChI=1S/C15H25N3O3.HI/c1-12(11-18-15(16-2)17-9-10-19-3)21-14-7-5-13(20-4)6-8-14;/h5-8,12H,9-11H2,1-4H3,(H2,16,17,18);1H. The number of aliphatic imine (C=N–C) groups is 1. The van der Waals surface area contributed by atoms with Gasteiger partial charge in [0.15, 0.2) is 5.96 Å². The quantitative estimate of drug-likeness (QED) is 0.290. The van der Waals surface area contributed by atoms with Crippen molar-refractivity contribution in [2.75, 3.05) is 41.0 Å². The maximum Gasteiger partial charge on any atom is 0.191 e. The van der Waals surface area contributed by atoms with E-state index in [9.17, 15) is 0 Å². The Morgan fingerprint density at radius 1 is 1.14 bits per heavy atom. The van der Waals surface area contributed by atoms with E-state index in [1.165, 1.54) is 0 Å². The molecule has 0 spiro atoms. The molecule has 2 N–H and O–H groups in total. The molecule has 0 saturated heterocycles. The second-order valence-electron chi connectivity index (χ2n) is 4.48. The Kier molecular flexibility index (Phi) is 11.7. The van der Waals surface area contributed by atoms with E-state index in [4.69, 9.17) is 14.2 Å². The van der Waals surface area contributed by atoms with Gasteiger partial charge in [-0.05, 0) is 31.2 Å². The maximum atomic E-state index is 5.81. The van der Waals surface area contributed by atoms with Gasteiger partial charge in [-0.25, -0.2) is 0 Å². The van der Waals surface area contributed by atoms with Crippen LogP contribution in [-0.2, 0) is 4.74 Å². The van der Waals surface area contributed by atoms with Crippen LogP contribution in [0, 0.1) is 0 Å². The normalized spacial score (nSPS) is 12.1. The largest absolute Gasteiger partial charge is 0.497 e. The van der Waals surface area contributed by atoms with Gasteiger partial charge in [0, 0.05) is 20.7 Å². The van der Waals surface area contributed by atoms with Crippen molar-refractivity contribution in [2.24, 2.45) is 4.99 Å². The van der Waals surface area contributed by atoms with Gasteiger partial charge in [0.05, 0.1) is 20.3 Å². The summed E-state index contributed by atoms with van der Waals surface area (Å²) in [6, 6.07) is 7.53. The summed E-state index contributed by atoms with van der Waals surface area (Å²) in [7, 11) is 5.05. The second-order valence-corrected chi connectivity index (χ2v) is 4.48. The third kappa shape index (κ3) is 8.28. The van der Waals surface area contributed by atoms with Gasteiger partial charge >= 0.3 is 0 Å². The number of ether oxygens (including phenoxy) is 3. The number of guanidine groups is 1. The molecule has 22 heavy (non-hydrogen) atoms. The fourth-order valence-electron chi connectivity index (χ4n) is 1.66. The highest BCUT2D eigenvalue weighted by Gasteiger charge is 2.05. The summed E-state index contributed by atoms with van der Waals surface area (Å²) in [6.45, 7) is 4.00. The summed E-state index contributed by atoms with van der Waals surface area (Å²) in [5.74, 6) is 2.36. The van der Waals surface area contributed by atoms with Crippen molar-refractivity contribution in [3.63, 3.8) is 0 Å². The molecule has 1 aromatic rings. The number of nitrogens with zero attached hydrogens (tertiary/aromatic N) is 1. The van der Waals surface area contributed by atoms with Gasteiger partial charge in [0.2, 0.25) is 0 Å². The van der Waals surface area contributed by atoms with Crippen molar-refractivity contribution in [3.8, 4) is 11.5 Å². The van der Waals surface area contributed by atoms with Gasteiger partial charge in [0.1, 0.15) is 17.6 Å². The van der Waals surface area contributed by atoms with Crippen LogP contribution in [0.1, 0.15) is 6.92 Å². The molecular formula is C15H26IN3O3. The highest BCUT2D eigenvalue weighted by molar-refractivity contribution is 14.0. The molecule has 126 valence electrons. The first-order valence-electron chi connectivity index (χ1n) is 6.93. The van der Waals surface area contributed by atoms with Crippen molar-refractivity contribution in [3.05, 3.63) is 24.3 Å². The van der Waals surface area contributed by atoms with Crippen LogP contribution in [0.25, 0.3) is 0 Å². The Bertz CT molecular complexity index is 427. The predicted octanol–water partition coefficient (Wildman–Crippen LogP) is 1.89. The van der Waals surface area contributed by atoms with Crippen molar-refractivity contribution < 1.29 is 14.2 Å². The molecule has 0 aromatic heterocycles. The van der Waals surface area contributed by atoms with Crippen LogP contribution in [0.3, 0.4) is 0 Å². The molecule has 0 bridgehead atoms. The van der Waals surface area contributed by atoms with Crippen LogP contribution >= 0.6 is 24.0 Å². The fourth-order valence-corrected chi connectivity index (χ4v) is 1.66. The zero-order valence-electron chi connectivity index (χ0n) is 13.6. The summed E-state index contributed by atoms with van der Waals surface area (Å²) in [6.07, 6.45) is 0.0133. The van der Waals surface area contributed by atoms with E-state index in [-0.39, 0.29) is 30.1 Å². The fraction of sp³-hybridized carbons (Fsp3) is 0.533. The summed E-state index contributed by atoms with van der Waals surface area (Å²) >= 11 is 0. The Hall–Kier alpha value is -1.22. The summed E-state index contributed by atoms with van der Waals surface area (Å²) in [4.78, 5) is 4.13. The van der Waals surface area contributed by atoms with Gasteiger partial charge in [-0.1, -0.05) is 0 Å². The molecule has 0 aliphatic rings. The van der Waals surface area contributed by atoms with E-state index < -0.39 is 0 Å². The lowest BCUT2D eigenvalue weighted by molar-refractivity contribution is 0.203. The van der Waals surface area contributed by atoms with Crippen molar-refractivity contribution in [1.82, 2.24) is 10.6 Å². The van der Waals surface area contributed by atoms with Gasteiger partial charge in [0.25, 0.3) is 0 Å². The monoisotopic (exact) mass is 423 g/mol. The first-order chi connectivity index (χ1) is 10.2. The zero-order valence-corrected chi connectivity index (χ0v) is 15.9. The van der Waals surface area contributed by atoms with Crippen LogP contribution < -0.4 is 20.1 Å². The van der Waals surface area contributed by atoms with E-state index in [2.05, 4.69) is 15.6 Å². The smallest absolute Gasteiger partial charge is 0.191 e. The van der Waals surface area contributed by atoms with Crippen LogP contribution in [0.2, 0.25) is 0 Å². The van der Waals surface area contributed by atoms with Crippen LogP contribution in [0.5, 0.6) is 11.5 Å². The number of methoxy groups -OCH3 is 2. The van der Waals surface area contributed by atoms with Crippen molar-refractivity contribution >= 4 is 29.9 Å². The number of halogens is 1. The molecule has 0 aliphatic heterocycles. The van der Waals surface area contributed by atoms with E-state index in [1.54, 1.807) is 21.3 Å². The number of hydrogen-bond acceptors (Lipinski definition) is 4. The highest BCUT2D eigenvalue weighted by atomic mass is 127. The average Bonchev–Trinajstić information content (AvgIpc) is 2.51. The van der Waals surface area contributed by atoms with E-state index >= 15 is 0 Å². The van der Waals surface area contributed by atoms with E-state index in [0.29, 0.717) is 19.7 Å². The SMILES string of the molecule is CN=C(NCCOC)NCC(C)Oc1ccc(OC)cc1.I. The molecule has 0 heterocycles. The average molecular weight is 423 g/mol. The molecule has 1 aromatic carbocycles. The lowest BCUT2D eigenvalue weighted by Crippen LogP contribution is -2.42. The lowest BCUT2D eigenvalue weighted by Gasteiger charge is -2.17. The topological polar surface area (TPSA) is 64.1 Å². The van der Waals surface area contributed by atoms with Crippen LogP contribution in [0.4, 0.5) is 0 Å². The van der Waals surface area contributed by atoms with E-state index in [0.717, 1.165) is 17.5 Å². The van der Waals surface area contributed by atoms with Gasteiger partial charge < -0.3 is 24.8 Å². The molecular weight excluding hydrogens is 397 g/mol. The molecule has 1 atom stereocenters. The third-order valence-corrected chi connectivity index (χ3v) is 2.78. The molecule has 0 saturated carbocycles. The Labute approximate surface area is 149 Å². The van der Waals surface area contributed by atoms with Gasteiger partial charge in [-0.3, -0.25) is 4.99 Å². The summed E-state index contributed by atoms with van der Waals surface area (Å²) in [5.41, 5.74) is 0. The Balaban J connectivity index is 0.00000441. The Morgan fingerprint density at radius 2 is 1.77 bits per heavy atom. The van der Waals surface area contributed by atoms with Gasteiger partial charge in [-0.2, -0.15) is 0 Å². The number of hydrogen-bond donors (Lipinski definition) is 2. The second kappa shape index (κ2) is 12.3. The van der Waals surface area contributed by atoms with Gasteiger partial charge in [-0.15, -0.1) is 24.0 Å². The lowest BCUT2D eigenvalue weighted by atomic mass is 10.3. The highest BCUT2D eigenvalue weighted by Crippen LogP contribution is 2.17. The molecule has 1 unspecified atom stereocenters. The number of nitrogens with one attached hydrogen (secondary N) is 2. The van der Waals surface area contributed by atoms with Crippen molar-refractivity contribution in [2.45, 2.75) is 13.0 Å². The van der Waals surface area contributed by atoms with Crippen LogP contribution in [0.15, 0.2) is 29.3 Å². The third-order valence-electron chi connectivity index (χ3n) is 2.78. The molecule has 0 amide bonds. The molecule has 1 rings (SSSR count). The molecule has 0 fully saturated rings. The minimum atomic E-state index is 0. The molecule has 7 heteroatoms. The first kappa shape index (κ1) is 20.8. The molecule has 0 radical (unpaired) electrons. The summed E-state index contributed by atoms with van der Waals surface area (Å²) in [5, 5.41) is 6.35. The number of rotatable bonds is 8. The molecule has 6 nitrogen and oxygen atoms in total. The minimum Gasteiger partial charge on any atom is -0.497 e. The van der Waals surface area contributed by atoms with Crippen molar-refractivity contribution in [1.29, 1.82) is 0 Å². The first-order valence-corrected chi connectivity index (χ1v) is 6.93. The zero-order chi connectivity index (χ0) is 15.5. The summed E-state index contributed by atoms with van der Waals surface area (Å²) < 4.78 is 15.9. The minimum absolute atomic E-state index is 0. The molecule has 0 aliphatic carbocycles. The predicted molar refractivity (Wildman–Crippen MR) is 99.7 cm³/mol.